The first-order valence-corrected chi connectivity index (χ1v) is 26.4. The van der Waals surface area contributed by atoms with E-state index in [9.17, 15) is 0 Å². The van der Waals surface area contributed by atoms with Crippen LogP contribution in [0.1, 0.15) is 199 Å². The molecule has 11 rings (SSSR count). The average molecular weight is 911 g/mol. The molecule has 0 fully saturated rings. The molecule has 2 nitrogen and oxygen atoms in total. The molecule has 2 heterocycles. The summed E-state index contributed by atoms with van der Waals surface area (Å²) in [5, 5.41) is 0. The third kappa shape index (κ3) is 6.77. The Kier molecular flexibility index (Phi) is 9.63. The largest absolute Gasteiger partial charge is 0.311 e. The number of aryl methyl sites for hydroxylation is 1. The summed E-state index contributed by atoms with van der Waals surface area (Å²) in [6, 6.07) is 42.1. The summed E-state index contributed by atoms with van der Waals surface area (Å²) >= 11 is 0. The van der Waals surface area contributed by atoms with Crippen LogP contribution in [0.4, 0.5) is 34.1 Å². The number of nitrogens with zero attached hydrogens (tertiary/aromatic N) is 2. The zero-order chi connectivity index (χ0) is 49.6. The quantitative estimate of drug-likeness (QED) is 0.162. The van der Waals surface area contributed by atoms with E-state index in [1.54, 1.807) is 0 Å². The van der Waals surface area contributed by atoms with Crippen LogP contribution >= 0.6 is 0 Å². The van der Waals surface area contributed by atoms with Crippen LogP contribution < -0.4 is 26.2 Å². The number of fused-ring (bicyclic) bond motifs is 7. The van der Waals surface area contributed by atoms with Crippen LogP contribution in [0.3, 0.4) is 0 Å². The second-order valence-electron chi connectivity index (χ2n) is 28.1. The SMILES string of the molecule is Cc1cc2c(cc1N1c3cc(C(C)(C)c4ccccc4)ccc3B3c4cc5c(cc4N(c4ccc6c(c4)C(C)(C)CC6(C)C)c4cc(C(C)(C)C)cc1c43)C(C)(C)CC5(C)C)C(C)(C)CCC2(C)C. The van der Waals surface area contributed by atoms with E-state index >= 15 is 0 Å². The fraction of sp³-hybridized carbons (Fsp3) is 0.455. The van der Waals surface area contributed by atoms with Gasteiger partial charge >= 0.3 is 0 Å². The van der Waals surface area contributed by atoms with Gasteiger partial charge in [-0.15, -0.1) is 0 Å². The summed E-state index contributed by atoms with van der Waals surface area (Å²) in [7, 11) is 0. The van der Waals surface area contributed by atoms with Gasteiger partial charge in [-0.3, -0.25) is 0 Å². The third-order valence-corrected chi connectivity index (χ3v) is 18.6. The minimum absolute atomic E-state index is 0.0401. The molecule has 6 aromatic carbocycles. The van der Waals surface area contributed by atoms with Gasteiger partial charge in [-0.25, -0.2) is 0 Å². The molecule has 0 radical (unpaired) electrons. The van der Waals surface area contributed by atoms with E-state index in [2.05, 4.69) is 238 Å². The van der Waals surface area contributed by atoms with Crippen molar-refractivity contribution in [2.75, 3.05) is 9.80 Å². The number of rotatable bonds is 4. The zero-order valence-electron chi connectivity index (χ0n) is 45.6. The molecule has 0 saturated carbocycles. The molecule has 0 atom stereocenters. The molecular weight excluding hydrogens is 832 g/mol. The molecule has 69 heavy (non-hydrogen) atoms. The lowest BCUT2D eigenvalue weighted by atomic mass is 9.33. The third-order valence-electron chi connectivity index (χ3n) is 18.6. The Hall–Kier alpha value is -5.02. The average Bonchev–Trinajstić information content (AvgIpc) is 3.57. The highest BCUT2D eigenvalue weighted by atomic mass is 15.2. The van der Waals surface area contributed by atoms with E-state index in [0.29, 0.717) is 0 Å². The number of anilines is 6. The van der Waals surface area contributed by atoms with Crippen LogP contribution in [-0.4, -0.2) is 6.71 Å². The molecule has 0 amide bonds. The molecule has 6 aromatic rings. The molecular formula is C66H79BN2. The summed E-state index contributed by atoms with van der Waals surface area (Å²) in [4.78, 5) is 5.47. The van der Waals surface area contributed by atoms with Crippen molar-refractivity contribution in [1.82, 2.24) is 0 Å². The Morgan fingerprint density at radius 2 is 0.899 bits per heavy atom. The van der Waals surface area contributed by atoms with E-state index < -0.39 is 0 Å². The molecule has 0 unspecified atom stereocenters. The van der Waals surface area contributed by atoms with Crippen molar-refractivity contribution < 1.29 is 0 Å². The lowest BCUT2D eigenvalue weighted by molar-refractivity contribution is 0.332. The normalized spacial score (nSPS) is 20.4. The van der Waals surface area contributed by atoms with Gasteiger partial charge in [-0.1, -0.05) is 178 Å². The molecule has 0 spiro atoms. The Morgan fingerprint density at radius 1 is 0.406 bits per heavy atom. The maximum Gasteiger partial charge on any atom is 0.252 e. The summed E-state index contributed by atoms with van der Waals surface area (Å²) in [6.07, 6.45) is 4.65. The van der Waals surface area contributed by atoms with E-state index in [1.807, 2.05) is 0 Å². The van der Waals surface area contributed by atoms with Crippen LogP contribution in [0.2, 0.25) is 0 Å². The summed E-state index contributed by atoms with van der Waals surface area (Å²) in [6.45, 7) is 44.2. The van der Waals surface area contributed by atoms with Crippen LogP contribution in [0.15, 0.2) is 103 Å². The Bertz CT molecular complexity index is 3150. The van der Waals surface area contributed by atoms with Crippen LogP contribution in [0.25, 0.3) is 0 Å². The number of hydrogen-bond acceptors (Lipinski definition) is 2. The maximum absolute atomic E-state index is 2.75. The van der Waals surface area contributed by atoms with Crippen molar-refractivity contribution in [2.24, 2.45) is 0 Å². The maximum atomic E-state index is 2.75. The monoisotopic (exact) mass is 911 g/mol. The number of hydrogen-bond donors (Lipinski definition) is 0. The Morgan fingerprint density at radius 3 is 1.51 bits per heavy atom. The van der Waals surface area contributed by atoms with E-state index in [4.69, 9.17) is 0 Å². The first-order valence-electron chi connectivity index (χ1n) is 26.4. The van der Waals surface area contributed by atoms with Crippen LogP contribution in [-0.2, 0) is 43.3 Å². The highest BCUT2D eigenvalue weighted by molar-refractivity contribution is 7.00. The molecule has 5 aliphatic rings. The lowest BCUT2D eigenvalue weighted by Crippen LogP contribution is -2.62. The molecule has 356 valence electrons. The van der Waals surface area contributed by atoms with Crippen LogP contribution in [0.5, 0.6) is 0 Å². The molecule has 0 aromatic heterocycles. The zero-order valence-corrected chi connectivity index (χ0v) is 45.6. The van der Waals surface area contributed by atoms with E-state index in [-0.39, 0.29) is 50.0 Å². The lowest BCUT2D eigenvalue weighted by Gasteiger charge is -2.47. The van der Waals surface area contributed by atoms with Gasteiger partial charge in [0, 0.05) is 39.5 Å². The molecule has 2 aliphatic heterocycles. The topological polar surface area (TPSA) is 6.48 Å². The smallest absolute Gasteiger partial charge is 0.252 e. The minimum atomic E-state index is -0.217. The second kappa shape index (κ2) is 14.3. The first-order chi connectivity index (χ1) is 31.9. The highest BCUT2D eigenvalue weighted by Crippen LogP contribution is 2.56. The Labute approximate surface area is 417 Å². The van der Waals surface area contributed by atoms with Gasteiger partial charge in [-0.2, -0.15) is 0 Å². The second-order valence-corrected chi connectivity index (χ2v) is 28.1. The molecule has 0 saturated heterocycles. The summed E-state index contributed by atoms with van der Waals surface area (Å²) in [5.41, 5.74) is 26.6. The van der Waals surface area contributed by atoms with Gasteiger partial charge in [0.2, 0.25) is 0 Å². The fourth-order valence-electron chi connectivity index (χ4n) is 14.9. The first kappa shape index (κ1) is 46.4. The van der Waals surface area contributed by atoms with Crippen molar-refractivity contribution in [1.29, 1.82) is 0 Å². The number of benzene rings is 6. The molecule has 3 aliphatic carbocycles. The summed E-state index contributed by atoms with van der Waals surface area (Å²) in [5.74, 6) is 0. The predicted molar refractivity (Wildman–Crippen MR) is 299 cm³/mol. The van der Waals surface area contributed by atoms with Crippen molar-refractivity contribution in [2.45, 2.75) is 194 Å². The van der Waals surface area contributed by atoms with Gasteiger partial charge < -0.3 is 9.80 Å². The molecule has 0 bridgehead atoms. The predicted octanol–water partition coefficient (Wildman–Crippen LogP) is 16.0. The standard InChI is InChI=1S/C66H79BN2/c1-40-30-46-49(61(7,8)29-28-60(46,5)6)36-53(40)69-54-31-42(66(17,18)41-22-20-19-21-23-41)24-27-51(54)67-52-35-48-50(65(15,16)39-64(48,13)14)37-55(52)68(56-32-43(59(2,3)4)33-57(69)58(56)67)44-25-26-45-47(34-44)63(11,12)38-62(45,9)10/h19-27,30-37H,28-29,38-39H2,1-18H3. The fourth-order valence-corrected chi connectivity index (χ4v) is 14.9. The molecule has 0 N–H and O–H groups in total. The van der Waals surface area contributed by atoms with Crippen molar-refractivity contribution >= 4 is 57.2 Å². The van der Waals surface area contributed by atoms with Crippen molar-refractivity contribution in [3.63, 3.8) is 0 Å². The highest BCUT2D eigenvalue weighted by Gasteiger charge is 2.50. The van der Waals surface area contributed by atoms with E-state index in [0.717, 1.165) is 12.8 Å². The van der Waals surface area contributed by atoms with Gasteiger partial charge in [0.25, 0.3) is 6.71 Å². The van der Waals surface area contributed by atoms with Gasteiger partial charge in [0.15, 0.2) is 0 Å². The van der Waals surface area contributed by atoms with Gasteiger partial charge in [0.1, 0.15) is 0 Å². The summed E-state index contributed by atoms with van der Waals surface area (Å²) < 4.78 is 0. The molecule has 3 heteroatoms. The van der Waals surface area contributed by atoms with Crippen molar-refractivity contribution in [3.8, 4) is 0 Å². The minimum Gasteiger partial charge on any atom is -0.311 e. The van der Waals surface area contributed by atoms with Crippen molar-refractivity contribution in [3.05, 3.63) is 159 Å². The van der Waals surface area contributed by atoms with Gasteiger partial charge in [-0.05, 0) is 185 Å². The van der Waals surface area contributed by atoms with E-state index in [1.165, 1.54) is 119 Å². The van der Waals surface area contributed by atoms with Crippen LogP contribution in [0, 0.1) is 6.92 Å². The Balaban J connectivity index is 1.28. The van der Waals surface area contributed by atoms with Gasteiger partial charge in [0.05, 0.1) is 0 Å².